The van der Waals surface area contributed by atoms with E-state index in [2.05, 4.69) is 38.1 Å². The van der Waals surface area contributed by atoms with Crippen LogP contribution >= 0.6 is 23.1 Å². The Bertz CT molecular complexity index is 564. The van der Waals surface area contributed by atoms with Crippen molar-refractivity contribution >= 4 is 33.2 Å². The molecule has 1 aliphatic heterocycles. The Hall–Kier alpha value is -0.750. The lowest BCUT2D eigenvalue weighted by atomic mass is 9.93. The first-order valence-electron chi connectivity index (χ1n) is 7.11. The van der Waals surface area contributed by atoms with Crippen molar-refractivity contribution < 1.29 is 0 Å². The minimum Gasteiger partial charge on any atom is -0.343 e. The zero-order valence-corrected chi connectivity index (χ0v) is 14.2. The second-order valence-corrected chi connectivity index (χ2v) is 8.28. The van der Waals surface area contributed by atoms with Crippen molar-refractivity contribution in [3.05, 3.63) is 11.9 Å². The molecule has 0 aromatic carbocycles. The van der Waals surface area contributed by atoms with Crippen LogP contribution in [0.4, 0.5) is 5.13 Å². The van der Waals surface area contributed by atoms with E-state index in [0.717, 1.165) is 22.3 Å². The van der Waals surface area contributed by atoms with E-state index in [1.807, 2.05) is 16.3 Å². The quantitative estimate of drug-likeness (QED) is 0.870. The van der Waals surface area contributed by atoms with Crippen LogP contribution in [0.2, 0.25) is 0 Å². The minimum absolute atomic E-state index is 0.0859. The predicted octanol–water partition coefficient (Wildman–Crippen LogP) is 3.42. The molecule has 1 aliphatic rings. The molecule has 110 valence electrons. The summed E-state index contributed by atoms with van der Waals surface area (Å²) in [5, 5.41) is 5.88. The number of fused-ring (bicyclic) bond motifs is 1. The molecule has 3 heterocycles. The van der Waals surface area contributed by atoms with Crippen LogP contribution in [0.5, 0.6) is 0 Å². The van der Waals surface area contributed by atoms with Crippen molar-refractivity contribution in [3.63, 3.8) is 0 Å². The number of nitrogens with zero attached hydrogens (tertiary/aromatic N) is 4. The highest BCUT2D eigenvalue weighted by Gasteiger charge is 2.28. The summed E-state index contributed by atoms with van der Waals surface area (Å²) in [5.74, 6) is 1.19. The van der Waals surface area contributed by atoms with E-state index in [4.69, 9.17) is 10.1 Å². The minimum atomic E-state index is 0.0859. The molecule has 1 saturated heterocycles. The zero-order chi connectivity index (χ0) is 14.3. The largest absolute Gasteiger partial charge is 0.343 e. The number of hydrogen-bond donors (Lipinski definition) is 0. The van der Waals surface area contributed by atoms with Crippen LogP contribution in [0.1, 0.15) is 39.3 Å². The van der Waals surface area contributed by atoms with Crippen molar-refractivity contribution in [1.82, 2.24) is 14.6 Å². The first-order valence-corrected chi connectivity index (χ1v) is 9.32. The van der Waals surface area contributed by atoms with Crippen LogP contribution in [0, 0.1) is 0 Å². The summed E-state index contributed by atoms with van der Waals surface area (Å²) < 4.78 is 1.95. The van der Waals surface area contributed by atoms with E-state index in [-0.39, 0.29) is 5.41 Å². The second kappa shape index (κ2) is 5.22. The van der Waals surface area contributed by atoms with E-state index < -0.39 is 0 Å². The van der Waals surface area contributed by atoms with Crippen molar-refractivity contribution in [3.8, 4) is 0 Å². The van der Waals surface area contributed by atoms with Gasteiger partial charge < -0.3 is 4.90 Å². The van der Waals surface area contributed by atoms with Crippen molar-refractivity contribution in [2.75, 3.05) is 23.5 Å². The van der Waals surface area contributed by atoms with Gasteiger partial charge >= 0.3 is 0 Å². The Morgan fingerprint density at radius 2 is 2.25 bits per heavy atom. The van der Waals surface area contributed by atoms with Crippen LogP contribution in [0.25, 0.3) is 4.96 Å². The third-order valence-electron chi connectivity index (χ3n) is 3.78. The van der Waals surface area contributed by atoms with Crippen molar-refractivity contribution in [2.24, 2.45) is 0 Å². The Labute approximate surface area is 128 Å². The summed E-state index contributed by atoms with van der Waals surface area (Å²) in [7, 11) is 0. The molecule has 0 aliphatic carbocycles. The van der Waals surface area contributed by atoms with Gasteiger partial charge in [-0.3, -0.25) is 0 Å². The van der Waals surface area contributed by atoms with Crippen LogP contribution in [-0.4, -0.2) is 39.2 Å². The van der Waals surface area contributed by atoms with Crippen molar-refractivity contribution in [1.29, 1.82) is 0 Å². The van der Waals surface area contributed by atoms with Gasteiger partial charge in [-0.1, -0.05) is 32.1 Å². The lowest BCUT2D eigenvalue weighted by Gasteiger charge is -2.22. The molecule has 1 atom stereocenters. The third-order valence-corrected chi connectivity index (χ3v) is 5.46. The summed E-state index contributed by atoms with van der Waals surface area (Å²) in [6.45, 7) is 7.70. The molecular formula is C14H22N4S2. The van der Waals surface area contributed by atoms with Gasteiger partial charge in [0.2, 0.25) is 10.1 Å². The Balaban J connectivity index is 1.88. The van der Waals surface area contributed by atoms with Crippen LogP contribution in [0.3, 0.4) is 0 Å². The summed E-state index contributed by atoms with van der Waals surface area (Å²) in [6, 6.07) is 0.642. The van der Waals surface area contributed by atoms with Gasteiger partial charge in [0, 0.05) is 23.8 Å². The molecule has 0 N–H and O–H groups in total. The molecular weight excluding hydrogens is 288 g/mol. The van der Waals surface area contributed by atoms with Gasteiger partial charge in [-0.25, -0.2) is 9.50 Å². The fraction of sp³-hybridized carbons (Fsp3) is 0.714. The van der Waals surface area contributed by atoms with Gasteiger partial charge in [-0.2, -0.15) is 11.8 Å². The monoisotopic (exact) mass is 310 g/mol. The molecule has 6 heteroatoms. The topological polar surface area (TPSA) is 33.4 Å². The average molecular weight is 310 g/mol. The maximum absolute atomic E-state index is 4.75. The Morgan fingerprint density at radius 1 is 1.45 bits per heavy atom. The highest BCUT2D eigenvalue weighted by molar-refractivity contribution is 7.98. The summed E-state index contributed by atoms with van der Waals surface area (Å²) in [4.78, 5) is 8.21. The van der Waals surface area contributed by atoms with Gasteiger partial charge in [0.1, 0.15) is 0 Å². The van der Waals surface area contributed by atoms with Crippen molar-refractivity contribution in [2.45, 2.75) is 45.1 Å². The molecule has 0 saturated carbocycles. The molecule has 3 rings (SSSR count). The Kier molecular flexibility index (Phi) is 3.71. The molecule has 1 fully saturated rings. The van der Waals surface area contributed by atoms with Crippen LogP contribution in [-0.2, 0) is 5.41 Å². The smallest absolute Gasteiger partial charge is 0.214 e. The highest BCUT2D eigenvalue weighted by Crippen LogP contribution is 2.32. The fourth-order valence-electron chi connectivity index (χ4n) is 2.62. The molecule has 4 nitrogen and oxygen atoms in total. The van der Waals surface area contributed by atoms with Gasteiger partial charge in [0.15, 0.2) is 0 Å². The van der Waals surface area contributed by atoms with Gasteiger partial charge in [0.05, 0.1) is 11.9 Å². The SMILES string of the molecule is CSCC1CCCN1c1nn2cc(C(C)(C)C)nc2s1. The van der Waals surface area contributed by atoms with E-state index >= 15 is 0 Å². The van der Waals surface area contributed by atoms with E-state index in [1.165, 1.54) is 18.6 Å². The van der Waals surface area contributed by atoms with Gasteiger partial charge in [0.25, 0.3) is 0 Å². The van der Waals surface area contributed by atoms with E-state index in [0.29, 0.717) is 6.04 Å². The number of thioether (sulfide) groups is 1. The highest BCUT2D eigenvalue weighted by atomic mass is 32.2. The summed E-state index contributed by atoms with van der Waals surface area (Å²) >= 11 is 3.64. The van der Waals surface area contributed by atoms with E-state index in [1.54, 1.807) is 11.3 Å². The van der Waals surface area contributed by atoms with Gasteiger partial charge in [-0.05, 0) is 19.1 Å². The standard InChI is InChI=1S/C14H22N4S2/c1-14(2,3)11-8-18-12(15-11)20-13(16-18)17-7-5-6-10(17)9-19-4/h8,10H,5-7,9H2,1-4H3. The third kappa shape index (κ3) is 2.55. The molecule has 20 heavy (non-hydrogen) atoms. The zero-order valence-electron chi connectivity index (χ0n) is 12.6. The van der Waals surface area contributed by atoms with Gasteiger partial charge in [-0.15, -0.1) is 5.10 Å². The maximum Gasteiger partial charge on any atom is 0.214 e. The molecule has 2 aromatic rings. The summed E-state index contributed by atoms with van der Waals surface area (Å²) in [6.07, 6.45) is 6.83. The molecule has 0 radical (unpaired) electrons. The molecule has 0 spiro atoms. The molecule has 0 amide bonds. The number of anilines is 1. The number of rotatable bonds is 3. The first-order chi connectivity index (χ1) is 9.49. The number of aromatic nitrogens is 3. The average Bonchev–Trinajstić information content (AvgIpc) is 2.98. The maximum atomic E-state index is 4.75. The van der Waals surface area contributed by atoms with Crippen LogP contribution < -0.4 is 4.90 Å². The lowest BCUT2D eigenvalue weighted by Crippen LogP contribution is -2.31. The second-order valence-electron chi connectivity index (χ2n) is 6.43. The molecule has 0 bridgehead atoms. The predicted molar refractivity (Wildman–Crippen MR) is 88.3 cm³/mol. The number of hydrogen-bond acceptors (Lipinski definition) is 5. The lowest BCUT2D eigenvalue weighted by molar-refractivity contribution is 0.572. The molecule has 1 unspecified atom stereocenters. The van der Waals surface area contributed by atoms with Crippen LogP contribution in [0.15, 0.2) is 6.20 Å². The fourth-order valence-corrected chi connectivity index (χ4v) is 4.33. The summed E-state index contributed by atoms with van der Waals surface area (Å²) in [5.41, 5.74) is 1.20. The molecule has 2 aromatic heterocycles. The first kappa shape index (κ1) is 14.2. The van der Waals surface area contributed by atoms with E-state index in [9.17, 15) is 0 Å². The number of imidazole rings is 1. The Morgan fingerprint density at radius 3 is 2.90 bits per heavy atom. The normalized spacial score (nSPS) is 20.2.